The van der Waals surface area contributed by atoms with Gasteiger partial charge in [0, 0.05) is 0 Å². The predicted octanol–water partition coefficient (Wildman–Crippen LogP) is 4.26. The number of amides is 2. The number of hydrogen-bond acceptors (Lipinski definition) is 5. The van der Waals surface area contributed by atoms with Crippen LogP contribution in [-0.2, 0) is 4.79 Å². The summed E-state index contributed by atoms with van der Waals surface area (Å²) in [6.07, 6.45) is 1.51. The van der Waals surface area contributed by atoms with E-state index in [-0.39, 0.29) is 5.92 Å². The number of methoxy groups -OCH3 is 1. The Balaban J connectivity index is 2.10. The second-order valence-corrected chi connectivity index (χ2v) is 8.45. The van der Waals surface area contributed by atoms with E-state index in [4.69, 9.17) is 21.1 Å². The van der Waals surface area contributed by atoms with E-state index in [1.807, 2.05) is 26.8 Å². The molecule has 2 rings (SSSR count). The van der Waals surface area contributed by atoms with E-state index < -0.39 is 17.9 Å². The molecule has 0 heterocycles. The van der Waals surface area contributed by atoms with Gasteiger partial charge in [0.15, 0.2) is 11.5 Å². The van der Waals surface area contributed by atoms with Gasteiger partial charge in [-0.25, -0.2) is 5.43 Å². The summed E-state index contributed by atoms with van der Waals surface area (Å²) in [7, 11) is 1.58. The van der Waals surface area contributed by atoms with Crippen molar-refractivity contribution < 1.29 is 19.1 Å². The summed E-state index contributed by atoms with van der Waals surface area (Å²) < 4.78 is 11.8. The van der Waals surface area contributed by atoms with Crippen LogP contribution in [0.3, 0.4) is 0 Å². The minimum atomic E-state index is -0.782. The Kier molecular flexibility index (Phi) is 9.57. The van der Waals surface area contributed by atoms with Gasteiger partial charge in [0.25, 0.3) is 11.8 Å². The number of carbonyl (C=O) groups excluding carboxylic acids is 2. The minimum absolute atomic E-state index is 0.159. The van der Waals surface area contributed by atoms with Crippen LogP contribution in [0.4, 0.5) is 0 Å². The summed E-state index contributed by atoms with van der Waals surface area (Å²) in [6, 6.07) is 9.52. The van der Waals surface area contributed by atoms with Crippen LogP contribution in [0, 0.1) is 9.49 Å². The topological polar surface area (TPSA) is 89.0 Å². The standard InChI is InChI=1S/C22H25ClIN3O4/c1-5-31-18-11-14(10-17(24)20(18)30-4)12-25-27-22(29)19(13(2)3)26-21(28)15-8-6-7-9-16(15)23/h6-13,19H,5H2,1-4H3,(H,26,28)(H,27,29)/b25-12+. The lowest BCUT2D eigenvalue weighted by Gasteiger charge is -2.20. The molecule has 1 unspecified atom stereocenters. The summed E-state index contributed by atoms with van der Waals surface area (Å²) >= 11 is 8.22. The van der Waals surface area contributed by atoms with Gasteiger partial charge in [-0.1, -0.05) is 37.6 Å². The van der Waals surface area contributed by atoms with Crippen LogP contribution in [0.25, 0.3) is 0 Å². The van der Waals surface area contributed by atoms with Gasteiger partial charge in [0.2, 0.25) is 0 Å². The van der Waals surface area contributed by atoms with Crippen LogP contribution in [-0.4, -0.2) is 37.8 Å². The van der Waals surface area contributed by atoms with Crippen molar-refractivity contribution in [1.29, 1.82) is 0 Å². The molecule has 166 valence electrons. The Morgan fingerprint density at radius 3 is 2.58 bits per heavy atom. The first-order valence-electron chi connectivity index (χ1n) is 9.67. The molecule has 2 aromatic carbocycles. The van der Waals surface area contributed by atoms with Gasteiger partial charge < -0.3 is 14.8 Å². The number of ether oxygens (including phenoxy) is 2. The number of rotatable bonds is 9. The quantitative estimate of drug-likeness (QED) is 0.274. The fourth-order valence-electron chi connectivity index (χ4n) is 2.76. The molecule has 2 amide bonds. The normalized spacial score (nSPS) is 12.0. The molecule has 1 atom stereocenters. The molecular formula is C22H25ClIN3O4. The molecule has 0 aliphatic heterocycles. The van der Waals surface area contributed by atoms with E-state index in [1.54, 1.807) is 37.4 Å². The maximum absolute atomic E-state index is 12.6. The van der Waals surface area contributed by atoms with Gasteiger partial charge in [-0.3, -0.25) is 9.59 Å². The van der Waals surface area contributed by atoms with Gasteiger partial charge in [0.05, 0.1) is 34.1 Å². The fourth-order valence-corrected chi connectivity index (χ4v) is 3.83. The number of halogens is 2. The van der Waals surface area contributed by atoms with E-state index in [0.717, 1.165) is 9.13 Å². The van der Waals surface area contributed by atoms with Gasteiger partial charge in [-0.05, 0) is 65.3 Å². The highest BCUT2D eigenvalue weighted by Crippen LogP contribution is 2.33. The number of hydrazone groups is 1. The lowest BCUT2D eigenvalue weighted by Crippen LogP contribution is -2.48. The average molecular weight is 558 g/mol. The largest absolute Gasteiger partial charge is 0.492 e. The molecule has 0 aromatic heterocycles. The molecule has 0 radical (unpaired) electrons. The van der Waals surface area contributed by atoms with Gasteiger partial charge in [-0.15, -0.1) is 0 Å². The first-order valence-corrected chi connectivity index (χ1v) is 11.1. The van der Waals surface area contributed by atoms with Crippen molar-refractivity contribution in [1.82, 2.24) is 10.7 Å². The highest BCUT2D eigenvalue weighted by atomic mass is 127. The molecule has 31 heavy (non-hydrogen) atoms. The Morgan fingerprint density at radius 2 is 1.97 bits per heavy atom. The van der Waals surface area contributed by atoms with E-state index in [0.29, 0.717) is 28.7 Å². The maximum atomic E-state index is 12.6. The molecule has 0 fully saturated rings. The van der Waals surface area contributed by atoms with E-state index in [9.17, 15) is 9.59 Å². The van der Waals surface area contributed by atoms with E-state index >= 15 is 0 Å². The van der Waals surface area contributed by atoms with Crippen molar-refractivity contribution in [3.63, 3.8) is 0 Å². The predicted molar refractivity (Wildman–Crippen MR) is 130 cm³/mol. The highest BCUT2D eigenvalue weighted by molar-refractivity contribution is 14.1. The summed E-state index contributed by atoms with van der Waals surface area (Å²) in [4.78, 5) is 25.2. The Hall–Kier alpha value is -2.33. The molecule has 2 aromatic rings. The third-order valence-electron chi connectivity index (χ3n) is 4.28. The molecule has 0 aliphatic carbocycles. The van der Waals surface area contributed by atoms with Crippen molar-refractivity contribution in [2.75, 3.05) is 13.7 Å². The molecule has 0 saturated carbocycles. The number of carbonyl (C=O) groups is 2. The van der Waals surface area contributed by atoms with Crippen LogP contribution in [0.5, 0.6) is 11.5 Å². The zero-order chi connectivity index (χ0) is 23.0. The molecule has 0 aliphatic rings. The van der Waals surface area contributed by atoms with Crippen LogP contribution >= 0.6 is 34.2 Å². The summed E-state index contributed by atoms with van der Waals surface area (Å²) in [6.45, 7) is 6.04. The van der Waals surface area contributed by atoms with Crippen molar-refractivity contribution >= 4 is 52.2 Å². The number of hydrogen-bond donors (Lipinski definition) is 2. The zero-order valence-electron chi connectivity index (χ0n) is 17.7. The Bertz CT molecular complexity index is 966. The van der Waals surface area contributed by atoms with Crippen molar-refractivity contribution in [2.45, 2.75) is 26.8 Å². The van der Waals surface area contributed by atoms with Crippen molar-refractivity contribution in [3.05, 3.63) is 56.1 Å². The zero-order valence-corrected chi connectivity index (χ0v) is 20.7. The van der Waals surface area contributed by atoms with Crippen LogP contribution in [0.15, 0.2) is 41.5 Å². The summed E-state index contributed by atoms with van der Waals surface area (Å²) in [5.41, 5.74) is 3.53. The average Bonchev–Trinajstić information content (AvgIpc) is 2.72. The molecule has 0 spiro atoms. The fraction of sp³-hybridized carbons (Fsp3) is 0.318. The number of benzene rings is 2. The van der Waals surface area contributed by atoms with E-state index in [2.05, 4.69) is 38.4 Å². The van der Waals surface area contributed by atoms with Crippen LogP contribution in [0.1, 0.15) is 36.7 Å². The second kappa shape index (κ2) is 11.9. The maximum Gasteiger partial charge on any atom is 0.262 e. The molecule has 9 heteroatoms. The lowest BCUT2D eigenvalue weighted by atomic mass is 10.0. The molecule has 0 bridgehead atoms. The van der Waals surface area contributed by atoms with E-state index in [1.165, 1.54) is 6.21 Å². The third-order valence-corrected chi connectivity index (χ3v) is 5.41. The Labute approximate surface area is 200 Å². The van der Waals surface area contributed by atoms with Crippen molar-refractivity contribution in [3.8, 4) is 11.5 Å². The van der Waals surface area contributed by atoms with Crippen molar-refractivity contribution in [2.24, 2.45) is 11.0 Å². The second-order valence-electron chi connectivity index (χ2n) is 6.88. The summed E-state index contributed by atoms with van der Waals surface area (Å²) in [5.74, 6) is 0.227. The SMILES string of the molecule is CCOc1cc(/C=N/NC(=O)C(NC(=O)c2ccccc2Cl)C(C)C)cc(I)c1OC. The molecule has 0 saturated heterocycles. The van der Waals surface area contributed by atoms with Crippen LogP contribution in [0.2, 0.25) is 5.02 Å². The number of nitrogens with zero attached hydrogens (tertiary/aromatic N) is 1. The highest BCUT2D eigenvalue weighted by Gasteiger charge is 2.25. The molecule has 7 nitrogen and oxygen atoms in total. The minimum Gasteiger partial charge on any atom is -0.492 e. The smallest absolute Gasteiger partial charge is 0.262 e. The number of nitrogens with one attached hydrogen (secondary N) is 2. The molecule has 2 N–H and O–H groups in total. The van der Waals surface area contributed by atoms with Gasteiger partial charge in [0.1, 0.15) is 6.04 Å². The van der Waals surface area contributed by atoms with Crippen LogP contribution < -0.4 is 20.2 Å². The first kappa shape index (κ1) is 24.9. The summed E-state index contributed by atoms with van der Waals surface area (Å²) in [5, 5.41) is 7.08. The third kappa shape index (κ3) is 6.83. The monoisotopic (exact) mass is 557 g/mol. The van der Waals surface area contributed by atoms with Gasteiger partial charge >= 0.3 is 0 Å². The first-order chi connectivity index (χ1) is 14.8. The lowest BCUT2D eigenvalue weighted by molar-refractivity contribution is -0.123. The Morgan fingerprint density at radius 1 is 1.26 bits per heavy atom. The van der Waals surface area contributed by atoms with Gasteiger partial charge in [-0.2, -0.15) is 5.10 Å². The molecular weight excluding hydrogens is 533 g/mol.